The smallest absolute Gasteiger partial charge is 0.133 e. The van der Waals surface area contributed by atoms with Crippen molar-refractivity contribution in [3.05, 3.63) is 29.1 Å². The summed E-state index contributed by atoms with van der Waals surface area (Å²) in [6.45, 7) is 1.72. The number of methoxy groups -OCH3 is 1. The summed E-state index contributed by atoms with van der Waals surface area (Å²) >= 11 is 0. The van der Waals surface area contributed by atoms with Crippen molar-refractivity contribution in [2.45, 2.75) is 31.8 Å². The summed E-state index contributed by atoms with van der Waals surface area (Å²) in [5, 5.41) is 9.80. The maximum atomic E-state index is 13.8. The molecule has 82 valence electrons. The standard InChI is InChI=1S/C12H15FO2/c1-8-3-4-10(15-2)9(11(8)13)7-12(14)5-6-12/h3-4,14H,5-7H2,1-2H3. The third kappa shape index (κ3) is 1.97. The summed E-state index contributed by atoms with van der Waals surface area (Å²) in [6.07, 6.45) is 1.86. The number of ether oxygens (including phenoxy) is 1. The van der Waals surface area contributed by atoms with Gasteiger partial charge in [-0.25, -0.2) is 4.39 Å². The molecular formula is C12H15FO2. The van der Waals surface area contributed by atoms with Gasteiger partial charge in [0.1, 0.15) is 11.6 Å². The van der Waals surface area contributed by atoms with Gasteiger partial charge in [-0.15, -0.1) is 0 Å². The Balaban J connectivity index is 2.37. The second-order valence-electron chi connectivity index (χ2n) is 4.28. The van der Waals surface area contributed by atoms with Gasteiger partial charge in [0.15, 0.2) is 0 Å². The number of hydrogen-bond acceptors (Lipinski definition) is 2. The number of hydrogen-bond donors (Lipinski definition) is 1. The van der Waals surface area contributed by atoms with E-state index in [-0.39, 0.29) is 5.82 Å². The molecule has 0 unspecified atom stereocenters. The van der Waals surface area contributed by atoms with Crippen LogP contribution in [0.2, 0.25) is 0 Å². The number of rotatable bonds is 3. The fourth-order valence-electron chi connectivity index (χ4n) is 1.73. The van der Waals surface area contributed by atoms with E-state index in [1.54, 1.807) is 19.1 Å². The van der Waals surface area contributed by atoms with Gasteiger partial charge in [0, 0.05) is 12.0 Å². The number of benzene rings is 1. The molecule has 1 N–H and O–H groups in total. The largest absolute Gasteiger partial charge is 0.496 e. The van der Waals surface area contributed by atoms with Gasteiger partial charge in [0.05, 0.1) is 12.7 Å². The summed E-state index contributed by atoms with van der Waals surface area (Å²) in [4.78, 5) is 0. The van der Waals surface area contributed by atoms with Gasteiger partial charge in [-0.2, -0.15) is 0 Å². The van der Waals surface area contributed by atoms with Gasteiger partial charge in [-0.1, -0.05) is 6.07 Å². The minimum Gasteiger partial charge on any atom is -0.496 e. The predicted molar refractivity (Wildman–Crippen MR) is 55.6 cm³/mol. The predicted octanol–water partition coefficient (Wildman–Crippen LogP) is 2.21. The van der Waals surface area contributed by atoms with E-state index in [0.29, 0.717) is 23.3 Å². The van der Waals surface area contributed by atoms with Gasteiger partial charge in [0.2, 0.25) is 0 Å². The van der Waals surface area contributed by atoms with Crippen molar-refractivity contribution < 1.29 is 14.2 Å². The fraction of sp³-hybridized carbons (Fsp3) is 0.500. The van der Waals surface area contributed by atoms with Crippen LogP contribution < -0.4 is 4.74 Å². The third-order valence-corrected chi connectivity index (χ3v) is 2.95. The van der Waals surface area contributed by atoms with Gasteiger partial charge in [-0.05, 0) is 31.4 Å². The van der Waals surface area contributed by atoms with Gasteiger partial charge in [0.25, 0.3) is 0 Å². The van der Waals surface area contributed by atoms with Crippen LogP contribution in [0, 0.1) is 12.7 Å². The molecule has 1 aliphatic rings. The summed E-state index contributed by atoms with van der Waals surface area (Å²) < 4.78 is 18.9. The Hall–Kier alpha value is -1.09. The summed E-state index contributed by atoms with van der Waals surface area (Å²) in [5.74, 6) is 0.271. The Morgan fingerprint density at radius 1 is 1.47 bits per heavy atom. The van der Waals surface area contributed by atoms with Crippen LogP contribution in [-0.4, -0.2) is 17.8 Å². The first-order valence-electron chi connectivity index (χ1n) is 5.10. The lowest BCUT2D eigenvalue weighted by Crippen LogP contribution is -2.13. The van der Waals surface area contributed by atoms with Crippen LogP contribution in [0.3, 0.4) is 0 Å². The molecule has 0 spiro atoms. The highest BCUT2D eigenvalue weighted by Gasteiger charge is 2.41. The molecule has 1 saturated carbocycles. The number of aliphatic hydroxyl groups is 1. The van der Waals surface area contributed by atoms with Crippen LogP contribution in [0.1, 0.15) is 24.0 Å². The highest BCUT2D eigenvalue weighted by molar-refractivity contribution is 5.40. The van der Waals surface area contributed by atoms with E-state index in [1.165, 1.54) is 7.11 Å². The average molecular weight is 210 g/mol. The second-order valence-corrected chi connectivity index (χ2v) is 4.28. The van der Waals surface area contributed by atoms with E-state index in [9.17, 15) is 9.50 Å². The molecule has 1 aromatic carbocycles. The van der Waals surface area contributed by atoms with Gasteiger partial charge < -0.3 is 9.84 Å². The zero-order valence-electron chi connectivity index (χ0n) is 9.01. The van der Waals surface area contributed by atoms with Crippen molar-refractivity contribution in [1.29, 1.82) is 0 Å². The molecular weight excluding hydrogens is 195 g/mol. The molecule has 0 aliphatic heterocycles. The highest BCUT2D eigenvalue weighted by atomic mass is 19.1. The van der Waals surface area contributed by atoms with Crippen LogP contribution in [0.5, 0.6) is 5.75 Å². The third-order valence-electron chi connectivity index (χ3n) is 2.95. The second kappa shape index (κ2) is 3.49. The Kier molecular flexibility index (Phi) is 2.43. The zero-order chi connectivity index (χ0) is 11.1. The zero-order valence-corrected chi connectivity index (χ0v) is 9.01. The number of aryl methyl sites for hydroxylation is 1. The van der Waals surface area contributed by atoms with E-state index >= 15 is 0 Å². The van der Waals surface area contributed by atoms with Crippen LogP contribution in [0.25, 0.3) is 0 Å². The molecule has 0 aromatic heterocycles. The first-order valence-corrected chi connectivity index (χ1v) is 5.10. The first-order chi connectivity index (χ1) is 7.06. The van der Waals surface area contributed by atoms with E-state index in [4.69, 9.17) is 4.74 Å². The first kappa shape index (κ1) is 10.4. The normalized spacial score (nSPS) is 17.6. The van der Waals surface area contributed by atoms with Crippen molar-refractivity contribution in [2.75, 3.05) is 7.11 Å². The highest BCUT2D eigenvalue weighted by Crippen LogP contribution is 2.41. The Morgan fingerprint density at radius 3 is 2.67 bits per heavy atom. The summed E-state index contributed by atoms with van der Waals surface area (Å²) in [6, 6.07) is 3.44. The lowest BCUT2D eigenvalue weighted by Gasteiger charge is -2.14. The summed E-state index contributed by atoms with van der Waals surface area (Å²) in [7, 11) is 1.52. The van der Waals surface area contributed by atoms with E-state index in [2.05, 4.69) is 0 Å². The van der Waals surface area contributed by atoms with Crippen molar-refractivity contribution >= 4 is 0 Å². The summed E-state index contributed by atoms with van der Waals surface area (Å²) in [5.41, 5.74) is 0.398. The van der Waals surface area contributed by atoms with Crippen molar-refractivity contribution in [1.82, 2.24) is 0 Å². The molecule has 0 bridgehead atoms. The molecule has 1 aliphatic carbocycles. The Labute approximate surface area is 88.7 Å². The van der Waals surface area contributed by atoms with Gasteiger partial charge in [-0.3, -0.25) is 0 Å². The number of halogens is 1. The molecule has 15 heavy (non-hydrogen) atoms. The lowest BCUT2D eigenvalue weighted by molar-refractivity contribution is 0.148. The Morgan fingerprint density at radius 2 is 2.13 bits per heavy atom. The van der Waals surface area contributed by atoms with E-state index in [1.807, 2.05) is 0 Å². The molecule has 1 fully saturated rings. The molecule has 0 radical (unpaired) electrons. The SMILES string of the molecule is COc1ccc(C)c(F)c1CC1(O)CC1. The van der Waals surface area contributed by atoms with Crippen molar-refractivity contribution in [3.8, 4) is 5.75 Å². The minimum absolute atomic E-state index is 0.255. The molecule has 0 heterocycles. The lowest BCUT2D eigenvalue weighted by atomic mass is 10.0. The molecule has 3 heteroatoms. The minimum atomic E-state index is -0.693. The fourth-order valence-corrected chi connectivity index (χ4v) is 1.73. The molecule has 1 aromatic rings. The van der Waals surface area contributed by atoms with E-state index < -0.39 is 5.60 Å². The van der Waals surface area contributed by atoms with Gasteiger partial charge >= 0.3 is 0 Å². The van der Waals surface area contributed by atoms with Crippen LogP contribution >= 0.6 is 0 Å². The average Bonchev–Trinajstić information content (AvgIpc) is 2.92. The molecule has 2 nitrogen and oxygen atoms in total. The molecule has 0 atom stereocenters. The Bertz CT molecular complexity index is 383. The molecule has 0 saturated heterocycles. The van der Waals surface area contributed by atoms with Crippen LogP contribution in [0.4, 0.5) is 4.39 Å². The van der Waals surface area contributed by atoms with E-state index in [0.717, 1.165) is 12.8 Å². The van der Waals surface area contributed by atoms with Crippen molar-refractivity contribution in [3.63, 3.8) is 0 Å². The monoisotopic (exact) mass is 210 g/mol. The van der Waals surface area contributed by atoms with Crippen molar-refractivity contribution in [2.24, 2.45) is 0 Å². The maximum Gasteiger partial charge on any atom is 0.133 e. The van der Waals surface area contributed by atoms with Crippen LogP contribution in [0.15, 0.2) is 12.1 Å². The topological polar surface area (TPSA) is 29.5 Å². The quantitative estimate of drug-likeness (QED) is 0.828. The van der Waals surface area contributed by atoms with Crippen LogP contribution in [-0.2, 0) is 6.42 Å². The molecule has 2 rings (SSSR count). The molecule has 0 amide bonds. The maximum absolute atomic E-state index is 13.8.